The van der Waals surface area contributed by atoms with Crippen LogP contribution in [0.1, 0.15) is 32.9 Å². The number of aromatic nitrogens is 1. The monoisotopic (exact) mass is 629 g/mol. The minimum absolute atomic E-state index is 0.0420. The summed E-state index contributed by atoms with van der Waals surface area (Å²) in [6.45, 7) is 6.49. The number of carbonyl (C=O) groups excluding carboxylic acids is 3. The highest BCUT2D eigenvalue weighted by Crippen LogP contribution is 2.63. The molecular weight excluding hydrogens is 600 g/mol. The lowest BCUT2D eigenvalue weighted by molar-refractivity contribution is -0.122. The zero-order chi connectivity index (χ0) is 30.9. The minimum Gasteiger partial charge on any atom is -0.444 e. The predicted octanol–water partition coefficient (Wildman–Crippen LogP) is 4.78. The molecule has 2 aliphatic carbocycles. The number of ether oxygens (including phenoxy) is 2. The van der Waals surface area contributed by atoms with E-state index in [-0.39, 0.29) is 42.5 Å². The topological polar surface area (TPSA) is 125 Å². The number of hydrogen-bond acceptors (Lipinski definition) is 7. The first-order valence-corrected chi connectivity index (χ1v) is 14.8. The Morgan fingerprint density at radius 2 is 1.91 bits per heavy atom. The van der Waals surface area contributed by atoms with Crippen LogP contribution in [0.25, 0.3) is 11.1 Å². The Balaban J connectivity index is 1.08. The SMILES string of the molecule is CC(C)(C)OC(=O)N1C[C@@H]2[C@H](C1)[C@@]2(C#N)c1ccc(-c2ccc(N3C[C@H](CNC(=O)C4CC4(Cl)Cl)OC3=O)cc2F)cn1. The van der Waals surface area contributed by atoms with Crippen molar-refractivity contribution in [3.05, 3.63) is 48.0 Å². The fraction of sp³-hybridized carbons (Fsp3) is 0.500. The van der Waals surface area contributed by atoms with E-state index in [1.54, 1.807) is 29.2 Å². The number of rotatable bonds is 6. The fourth-order valence-electron chi connectivity index (χ4n) is 6.09. The molecule has 10 nitrogen and oxygen atoms in total. The summed E-state index contributed by atoms with van der Waals surface area (Å²) < 4.78 is 25.0. The van der Waals surface area contributed by atoms with Crippen molar-refractivity contribution in [3.63, 3.8) is 0 Å². The number of fused-ring (bicyclic) bond motifs is 1. The molecule has 4 fully saturated rings. The summed E-state index contributed by atoms with van der Waals surface area (Å²) in [4.78, 5) is 44.5. The molecule has 0 spiro atoms. The summed E-state index contributed by atoms with van der Waals surface area (Å²) in [6, 6.07) is 10.3. The number of amides is 3. The number of hydrogen-bond donors (Lipinski definition) is 1. The lowest BCUT2D eigenvalue weighted by Gasteiger charge is -2.27. The van der Waals surface area contributed by atoms with Crippen molar-refractivity contribution in [2.24, 2.45) is 17.8 Å². The Labute approximate surface area is 258 Å². The number of halogens is 3. The molecule has 1 N–H and O–H groups in total. The van der Waals surface area contributed by atoms with E-state index in [9.17, 15) is 19.6 Å². The minimum atomic E-state index is -1.04. The lowest BCUT2D eigenvalue weighted by Crippen LogP contribution is -2.39. The first kappa shape index (κ1) is 29.5. The van der Waals surface area contributed by atoms with Gasteiger partial charge in [0.2, 0.25) is 5.91 Å². The summed E-state index contributed by atoms with van der Waals surface area (Å²) in [6.07, 6.45) is 0.263. The molecule has 5 atom stereocenters. The van der Waals surface area contributed by atoms with Crippen LogP contribution in [0.4, 0.5) is 19.7 Å². The van der Waals surface area contributed by atoms with Gasteiger partial charge in [-0.1, -0.05) is 6.07 Å². The average Bonchev–Trinajstić information content (AvgIpc) is 3.57. The molecule has 2 saturated heterocycles. The second-order valence-corrected chi connectivity index (χ2v) is 14.1. The standard InChI is InChI=1S/C30H30Cl2FN5O5/c1-28(2,3)43-26(40)37-13-21-22(14-37)29(21,15-34)24-7-4-16(10-35-24)19-6-5-17(8-23(19)33)38-12-18(42-27(38)41)11-36-25(39)20-9-30(20,31)32/h4-8,10,18,20-22H,9,11-14H2,1-3H3,(H,36,39)/t18-,20?,21-,22+,29+/m0/s1. The van der Waals surface area contributed by atoms with Crippen LogP contribution >= 0.6 is 23.2 Å². The number of nitrogens with zero attached hydrogens (tertiary/aromatic N) is 4. The van der Waals surface area contributed by atoms with Gasteiger partial charge in [0, 0.05) is 42.2 Å². The van der Waals surface area contributed by atoms with Crippen molar-refractivity contribution in [1.82, 2.24) is 15.2 Å². The Hall–Kier alpha value is -3.62. The van der Waals surface area contributed by atoms with Crippen molar-refractivity contribution in [2.45, 2.75) is 48.6 Å². The summed E-state index contributed by atoms with van der Waals surface area (Å²) in [5.41, 5.74) is 0.322. The highest BCUT2D eigenvalue weighted by molar-refractivity contribution is 6.52. The number of nitriles is 1. The number of carbonyl (C=O) groups is 3. The molecule has 0 radical (unpaired) electrons. The highest BCUT2D eigenvalue weighted by Gasteiger charge is 2.71. The summed E-state index contributed by atoms with van der Waals surface area (Å²) in [5.74, 6) is -1.43. The van der Waals surface area contributed by atoms with Crippen LogP contribution in [0.2, 0.25) is 0 Å². The number of pyridine rings is 1. The largest absolute Gasteiger partial charge is 0.444 e. The smallest absolute Gasteiger partial charge is 0.414 e. The van der Waals surface area contributed by atoms with E-state index in [2.05, 4.69) is 16.4 Å². The molecule has 1 aromatic carbocycles. The van der Waals surface area contributed by atoms with Gasteiger partial charge >= 0.3 is 12.2 Å². The molecule has 1 aromatic heterocycles. The molecule has 3 heterocycles. The Kier molecular flexibility index (Phi) is 7.01. The predicted molar refractivity (Wildman–Crippen MR) is 155 cm³/mol. The average molecular weight is 631 g/mol. The van der Waals surface area contributed by atoms with Gasteiger partial charge in [-0.2, -0.15) is 5.26 Å². The van der Waals surface area contributed by atoms with E-state index in [1.165, 1.54) is 17.2 Å². The van der Waals surface area contributed by atoms with Gasteiger partial charge in [-0.15, -0.1) is 23.2 Å². The molecule has 6 rings (SSSR count). The normalized spacial score (nSPS) is 28.5. The number of benzene rings is 1. The summed E-state index contributed by atoms with van der Waals surface area (Å²) in [5, 5.41) is 12.8. The van der Waals surface area contributed by atoms with Gasteiger partial charge in [0.1, 0.15) is 27.3 Å². The van der Waals surface area contributed by atoms with Crippen LogP contribution in [0, 0.1) is 34.9 Å². The van der Waals surface area contributed by atoms with Gasteiger partial charge in [0.15, 0.2) is 0 Å². The number of anilines is 1. The number of likely N-dealkylation sites (tertiary alicyclic amines) is 1. The van der Waals surface area contributed by atoms with Crippen molar-refractivity contribution in [1.29, 1.82) is 5.26 Å². The van der Waals surface area contributed by atoms with E-state index >= 15 is 4.39 Å². The maximum absolute atomic E-state index is 15.3. The third kappa shape index (κ3) is 5.36. The van der Waals surface area contributed by atoms with Crippen LogP contribution in [-0.4, -0.2) is 70.2 Å². The van der Waals surface area contributed by atoms with Gasteiger partial charge < -0.3 is 19.7 Å². The molecule has 13 heteroatoms. The summed E-state index contributed by atoms with van der Waals surface area (Å²) in [7, 11) is 0. The molecule has 2 aromatic rings. The van der Waals surface area contributed by atoms with Gasteiger partial charge in [-0.25, -0.2) is 14.0 Å². The number of piperidine rings is 1. The maximum Gasteiger partial charge on any atom is 0.414 e. The van der Waals surface area contributed by atoms with E-state index in [4.69, 9.17) is 32.7 Å². The maximum atomic E-state index is 15.3. The van der Waals surface area contributed by atoms with Gasteiger partial charge in [0.05, 0.1) is 36.5 Å². The second kappa shape index (κ2) is 10.2. The molecule has 43 heavy (non-hydrogen) atoms. The Morgan fingerprint density at radius 3 is 2.47 bits per heavy atom. The second-order valence-electron chi connectivity index (χ2n) is 12.6. The van der Waals surface area contributed by atoms with Crippen LogP contribution in [0.15, 0.2) is 36.5 Å². The van der Waals surface area contributed by atoms with E-state index in [1.807, 2.05) is 20.8 Å². The van der Waals surface area contributed by atoms with Crippen molar-refractivity contribution >= 4 is 47.0 Å². The molecule has 2 aliphatic heterocycles. The highest BCUT2D eigenvalue weighted by atomic mass is 35.5. The van der Waals surface area contributed by atoms with E-state index in [0.717, 1.165) is 0 Å². The van der Waals surface area contributed by atoms with Gasteiger partial charge in [0.25, 0.3) is 0 Å². The molecular formula is C30H30Cl2FN5O5. The molecule has 0 bridgehead atoms. The van der Waals surface area contributed by atoms with Gasteiger partial charge in [-0.3, -0.25) is 14.7 Å². The van der Waals surface area contributed by atoms with E-state index < -0.39 is 39.3 Å². The molecule has 3 amide bonds. The third-order valence-electron chi connectivity index (χ3n) is 8.50. The van der Waals surface area contributed by atoms with Crippen molar-refractivity contribution in [2.75, 3.05) is 31.1 Å². The van der Waals surface area contributed by atoms with Crippen LogP contribution < -0.4 is 10.2 Å². The third-order valence-corrected chi connectivity index (χ3v) is 9.34. The first-order valence-electron chi connectivity index (χ1n) is 14.0. The lowest BCUT2D eigenvalue weighted by atomic mass is 9.95. The molecule has 4 aliphatic rings. The van der Waals surface area contributed by atoms with Crippen molar-refractivity contribution in [3.8, 4) is 17.2 Å². The van der Waals surface area contributed by atoms with Crippen LogP contribution in [0.5, 0.6) is 0 Å². The number of nitrogens with one attached hydrogen (secondary N) is 1. The fourth-order valence-corrected chi connectivity index (χ4v) is 6.59. The Bertz CT molecular complexity index is 1530. The summed E-state index contributed by atoms with van der Waals surface area (Å²) >= 11 is 11.9. The van der Waals surface area contributed by atoms with Crippen LogP contribution in [0.3, 0.4) is 0 Å². The first-order chi connectivity index (χ1) is 20.2. The van der Waals surface area contributed by atoms with Crippen molar-refractivity contribution < 1.29 is 28.2 Å². The Morgan fingerprint density at radius 1 is 1.21 bits per heavy atom. The zero-order valence-electron chi connectivity index (χ0n) is 23.8. The molecule has 2 saturated carbocycles. The molecule has 226 valence electrons. The van der Waals surface area contributed by atoms with Crippen LogP contribution in [-0.2, 0) is 19.7 Å². The molecule has 1 unspecified atom stereocenters. The quantitative estimate of drug-likeness (QED) is 0.456. The van der Waals surface area contributed by atoms with E-state index in [0.29, 0.717) is 36.5 Å². The number of cyclic esters (lactones) is 1. The number of alkyl halides is 2. The van der Waals surface area contributed by atoms with Gasteiger partial charge in [-0.05, 0) is 51.5 Å². The zero-order valence-corrected chi connectivity index (χ0v) is 25.3.